The summed E-state index contributed by atoms with van der Waals surface area (Å²) in [5, 5.41) is 0. The molecule has 0 amide bonds. The van der Waals surface area contributed by atoms with Crippen molar-refractivity contribution in [3.8, 4) is 0 Å². The van der Waals surface area contributed by atoms with Gasteiger partial charge in [-0.25, -0.2) is 4.79 Å². The third kappa shape index (κ3) is 5.42. The van der Waals surface area contributed by atoms with E-state index >= 15 is 0 Å². The lowest BCUT2D eigenvalue weighted by atomic mass is 10.3. The van der Waals surface area contributed by atoms with Crippen LogP contribution in [0, 0.1) is 0 Å². The normalized spacial score (nSPS) is 13.2. The maximum absolute atomic E-state index is 11.1. The standard InChI is InChI=1S/C10H20O6Si/c1-6-8-10(15-9(11)7-2)16-17(12-3,13-4)14-5/h7,10H,2,6,8H2,1,3-5H3. The van der Waals surface area contributed by atoms with Crippen molar-refractivity contribution in [2.75, 3.05) is 21.3 Å². The molecule has 1 atom stereocenters. The number of hydrogen-bond donors (Lipinski definition) is 0. The summed E-state index contributed by atoms with van der Waals surface area (Å²) in [6, 6.07) is 0. The summed E-state index contributed by atoms with van der Waals surface area (Å²) in [6.45, 7) is 5.26. The van der Waals surface area contributed by atoms with Crippen LogP contribution in [-0.4, -0.2) is 42.6 Å². The molecular weight excluding hydrogens is 244 g/mol. The molecule has 0 fully saturated rings. The Bertz CT molecular complexity index is 233. The molecule has 100 valence electrons. The van der Waals surface area contributed by atoms with Gasteiger partial charge < -0.3 is 22.4 Å². The van der Waals surface area contributed by atoms with Crippen molar-refractivity contribution in [1.29, 1.82) is 0 Å². The second-order valence-corrected chi connectivity index (χ2v) is 5.55. The maximum atomic E-state index is 11.1. The average Bonchev–Trinajstić information content (AvgIpc) is 2.36. The van der Waals surface area contributed by atoms with Crippen molar-refractivity contribution in [3.63, 3.8) is 0 Å². The van der Waals surface area contributed by atoms with Gasteiger partial charge in [0.15, 0.2) is 6.29 Å². The molecule has 0 spiro atoms. The van der Waals surface area contributed by atoms with Crippen LogP contribution in [0.4, 0.5) is 0 Å². The molecule has 0 bridgehead atoms. The molecule has 1 unspecified atom stereocenters. The highest BCUT2D eigenvalue weighted by Crippen LogP contribution is 2.15. The van der Waals surface area contributed by atoms with Crippen LogP contribution in [0.15, 0.2) is 12.7 Å². The Morgan fingerprint density at radius 3 is 2.18 bits per heavy atom. The Balaban J connectivity index is 4.59. The monoisotopic (exact) mass is 264 g/mol. The van der Waals surface area contributed by atoms with Crippen molar-refractivity contribution in [2.24, 2.45) is 0 Å². The lowest BCUT2D eigenvalue weighted by Crippen LogP contribution is -2.49. The van der Waals surface area contributed by atoms with Crippen molar-refractivity contribution >= 4 is 15.0 Å². The summed E-state index contributed by atoms with van der Waals surface area (Å²) in [5.41, 5.74) is 0. The van der Waals surface area contributed by atoms with E-state index in [0.717, 1.165) is 12.5 Å². The largest absolute Gasteiger partial charge is 0.681 e. The molecule has 0 N–H and O–H groups in total. The van der Waals surface area contributed by atoms with E-state index in [1.165, 1.54) is 21.3 Å². The molecule has 0 saturated carbocycles. The van der Waals surface area contributed by atoms with Crippen molar-refractivity contribution < 1.29 is 27.2 Å². The molecule has 0 rings (SSSR count). The van der Waals surface area contributed by atoms with E-state index in [1.54, 1.807) is 0 Å². The molecule has 0 aliphatic heterocycles. The van der Waals surface area contributed by atoms with Gasteiger partial charge in [-0.15, -0.1) is 0 Å². The van der Waals surface area contributed by atoms with E-state index in [1.807, 2.05) is 6.92 Å². The van der Waals surface area contributed by atoms with Gasteiger partial charge >= 0.3 is 15.0 Å². The van der Waals surface area contributed by atoms with Crippen LogP contribution in [0.1, 0.15) is 19.8 Å². The zero-order valence-electron chi connectivity index (χ0n) is 10.7. The first-order chi connectivity index (χ1) is 8.07. The van der Waals surface area contributed by atoms with Crippen LogP contribution in [0.3, 0.4) is 0 Å². The summed E-state index contributed by atoms with van der Waals surface area (Å²) < 4.78 is 25.7. The second kappa shape index (κ2) is 8.37. The number of rotatable bonds is 9. The molecule has 0 aromatic heterocycles. The van der Waals surface area contributed by atoms with E-state index < -0.39 is 21.3 Å². The Morgan fingerprint density at radius 1 is 1.29 bits per heavy atom. The van der Waals surface area contributed by atoms with Crippen LogP contribution in [-0.2, 0) is 27.2 Å². The minimum absolute atomic E-state index is 0.518. The van der Waals surface area contributed by atoms with E-state index in [9.17, 15) is 4.79 Å². The van der Waals surface area contributed by atoms with E-state index in [-0.39, 0.29) is 0 Å². The van der Waals surface area contributed by atoms with Gasteiger partial charge in [0.2, 0.25) is 0 Å². The molecule has 0 aliphatic rings. The highest BCUT2D eigenvalue weighted by molar-refractivity contribution is 6.53. The smallest absolute Gasteiger partial charge is 0.433 e. The van der Waals surface area contributed by atoms with E-state index in [2.05, 4.69) is 6.58 Å². The first-order valence-corrected chi connectivity index (χ1v) is 6.87. The Kier molecular flexibility index (Phi) is 8.01. The minimum atomic E-state index is -3.21. The molecule has 17 heavy (non-hydrogen) atoms. The van der Waals surface area contributed by atoms with Gasteiger partial charge in [-0.05, 0) is 0 Å². The van der Waals surface area contributed by atoms with E-state index in [0.29, 0.717) is 6.42 Å². The highest BCUT2D eigenvalue weighted by Gasteiger charge is 2.45. The predicted octanol–water partition coefficient (Wildman–Crippen LogP) is 1.23. The third-order valence-electron chi connectivity index (χ3n) is 1.96. The first kappa shape index (κ1) is 16.3. The van der Waals surface area contributed by atoms with Crippen LogP contribution in [0.25, 0.3) is 0 Å². The van der Waals surface area contributed by atoms with Crippen molar-refractivity contribution in [3.05, 3.63) is 12.7 Å². The fraction of sp³-hybridized carbons (Fsp3) is 0.700. The Morgan fingerprint density at radius 2 is 1.82 bits per heavy atom. The SMILES string of the molecule is C=CC(=O)OC(CCC)O[Si](OC)(OC)OC. The summed E-state index contributed by atoms with van der Waals surface area (Å²) in [5.74, 6) is -0.561. The maximum Gasteiger partial charge on any atom is 0.681 e. The van der Waals surface area contributed by atoms with Crippen LogP contribution >= 0.6 is 0 Å². The first-order valence-electron chi connectivity index (χ1n) is 5.23. The van der Waals surface area contributed by atoms with Gasteiger partial charge in [0.1, 0.15) is 0 Å². The average molecular weight is 264 g/mol. The Labute approximate surface area is 103 Å². The number of carbonyl (C=O) groups excluding carboxylic acids is 1. The molecule has 0 heterocycles. The van der Waals surface area contributed by atoms with Crippen LogP contribution in [0.5, 0.6) is 0 Å². The number of esters is 1. The number of hydrogen-bond acceptors (Lipinski definition) is 6. The zero-order valence-corrected chi connectivity index (χ0v) is 11.7. The topological polar surface area (TPSA) is 63.2 Å². The van der Waals surface area contributed by atoms with Gasteiger partial charge in [0.05, 0.1) is 0 Å². The quantitative estimate of drug-likeness (QED) is 0.270. The zero-order chi connectivity index (χ0) is 13.3. The lowest BCUT2D eigenvalue weighted by Gasteiger charge is -2.27. The van der Waals surface area contributed by atoms with Crippen molar-refractivity contribution in [1.82, 2.24) is 0 Å². The molecule has 7 heteroatoms. The van der Waals surface area contributed by atoms with Gasteiger partial charge in [-0.2, -0.15) is 0 Å². The molecule has 6 nitrogen and oxygen atoms in total. The third-order valence-corrected chi connectivity index (χ3v) is 4.02. The fourth-order valence-electron chi connectivity index (χ4n) is 1.11. The van der Waals surface area contributed by atoms with Crippen LogP contribution in [0.2, 0.25) is 0 Å². The molecule has 0 aliphatic carbocycles. The van der Waals surface area contributed by atoms with Gasteiger partial charge in [-0.1, -0.05) is 19.9 Å². The summed E-state index contributed by atoms with van der Waals surface area (Å²) in [6.07, 6.45) is 1.60. The van der Waals surface area contributed by atoms with Crippen molar-refractivity contribution in [2.45, 2.75) is 26.1 Å². The minimum Gasteiger partial charge on any atom is -0.433 e. The van der Waals surface area contributed by atoms with Crippen LogP contribution < -0.4 is 0 Å². The highest BCUT2D eigenvalue weighted by atomic mass is 28.4. The molecule has 0 aromatic carbocycles. The summed E-state index contributed by atoms with van der Waals surface area (Å²) in [4.78, 5) is 11.1. The molecule has 0 aromatic rings. The Hall–Kier alpha value is -0.733. The van der Waals surface area contributed by atoms with Gasteiger partial charge in [0, 0.05) is 33.8 Å². The van der Waals surface area contributed by atoms with Gasteiger partial charge in [0.25, 0.3) is 0 Å². The second-order valence-electron chi connectivity index (χ2n) is 3.09. The molecule has 0 radical (unpaired) electrons. The summed E-state index contributed by atoms with van der Waals surface area (Å²) >= 11 is 0. The number of carbonyl (C=O) groups is 1. The molecule has 0 saturated heterocycles. The fourth-order valence-corrected chi connectivity index (χ4v) is 2.39. The van der Waals surface area contributed by atoms with Gasteiger partial charge in [-0.3, -0.25) is 0 Å². The van der Waals surface area contributed by atoms with E-state index in [4.69, 9.17) is 22.4 Å². The molecular formula is C10H20O6Si. The lowest BCUT2D eigenvalue weighted by molar-refractivity contribution is -0.171. The number of ether oxygens (including phenoxy) is 1. The summed E-state index contributed by atoms with van der Waals surface area (Å²) in [7, 11) is 1.03. The predicted molar refractivity (Wildman–Crippen MR) is 62.9 cm³/mol.